The van der Waals surface area contributed by atoms with Crippen molar-refractivity contribution in [3.05, 3.63) is 42.0 Å². The lowest BCUT2D eigenvalue weighted by molar-refractivity contribution is 0.281. The van der Waals surface area contributed by atoms with Gasteiger partial charge in [0.2, 0.25) is 0 Å². The van der Waals surface area contributed by atoms with Crippen molar-refractivity contribution in [3.8, 4) is 5.75 Å². The number of nitrogens with one attached hydrogen (secondary N) is 1. The molecule has 2 unspecified atom stereocenters. The fourth-order valence-electron chi connectivity index (χ4n) is 2.91. The molecule has 1 N–H and O–H groups in total. The molecule has 0 aliphatic heterocycles. The molecule has 21 heavy (non-hydrogen) atoms. The van der Waals surface area contributed by atoms with Gasteiger partial charge >= 0.3 is 0 Å². The van der Waals surface area contributed by atoms with E-state index < -0.39 is 0 Å². The van der Waals surface area contributed by atoms with Gasteiger partial charge in [-0.3, -0.25) is 0 Å². The van der Waals surface area contributed by atoms with Crippen molar-refractivity contribution in [1.29, 1.82) is 0 Å². The third kappa shape index (κ3) is 4.87. The maximum atomic E-state index is 5.34. The van der Waals surface area contributed by atoms with E-state index in [0.29, 0.717) is 6.04 Å². The summed E-state index contributed by atoms with van der Waals surface area (Å²) in [6.07, 6.45) is 8.39. The topological polar surface area (TPSA) is 24.5 Å². The number of hydrogen-bond acceptors (Lipinski definition) is 3. The summed E-state index contributed by atoms with van der Waals surface area (Å²) in [5.41, 5.74) is 1.30. The minimum Gasteiger partial charge on any atom is -0.497 e. The van der Waals surface area contributed by atoms with Crippen LogP contribution in [0.4, 0.5) is 0 Å². The van der Waals surface area contributed by atoms with Crippen molar-refractivity contribution >= 4 is 0 Å². The van der Waals surface area contributed by atoms with Crippen molar-refractivity contribution in [2.24, 2.45) is 5.92 Å². The molecule has 0 aromatic heterocycles. The van der Waals surface area contributed by atoms with E-state index in [-0.39, 0.29) is 0 Å². The summed E-state index contributed by atoms with van der Waals surface area (Å²) in [5.74, 6) is 1.72. The molecular formula is C18H28N2O. The van der Waals surface area contributed by atoms with Crippen molar-refractivity contribution in [2.75, 3.05) is 34.3 Å². The summed E-state index contributed by atoms with van der Waals surface area (Å²) in [7, 11) is 5.99. The molecule has 3 heteroatoms. The van der Waals surface area contributed by atoms with E-state index in [1.54, 1.807) is 7.11 Å². The van der Waals surface area contributed by atoms with Gasteiger partial charge < -0.3 is 15.0 Å². The summed E-state index contributed by atoms with van der Waals surface area (Å²) in [6.45, 7) is 2.08. The fraction of sp³-hybridized carbons (Fsp3) is 0.556. The maximum Gasteiger partial charge on any atom is 0.119 e. The van der Waals surface area contributed by atoms with Crippen molar-refractivity contribution in [1.82, 2.24) is 10.2 Å². The highest BCUT2D eigenvalue weighted by Crippen LogP contribution is 2.22. The van der Waals surface area contributed by atoms with Gasteiger partial charge in [-0.05, 0) is 63.5 Å². The normalized spacial score (nSPS) is 19.7. The Labute approximate surface area is 129 Å². The quantitative estimate of drug-likeness (QED) is 0.780. The molecule has 116 valence electrons. The molecule has 0 heterocycles. The van der Waals surface area contributed by atoms with Gasteiger partial charge in [-0.25, -0.2) is 0 Å². The van der Waals surface area contributed by atoms with Crippen LogP contribution >= 0.6 is 0 Å². The van der Waals surface area contributed by atoms with Crippen LogP contribution < -0.4 is 10.1 Å². The number of methoxy groups -OCH3 is 1. The molecule has 1 aromatic carbocycles. The number of rotatable bonds is 7. The number of allylic oxidation sites excluding steroid dienone is 2. The summed E-state index contributed by atoms with van der Waals surface area (Å²) in [4.78, 5) is 2.27. The van der Waals surface area contributed by atoms with Crippen LogP contribution in [0.2, 0.25) is 0 Å². The molecule has 1 aliphatic rings. The van der Waals surface area contributed by atoms with Gasteiger partial charge in [0.25, 0.3) is 0 Å². The number of nitrogens with zero attached hydrogens (tertiary/aromatic N) is 1. The molecule has 0 amide bonds. The maximum absolute atomic E-state index is 5.34. The summed E-state index contributed by atoms with van der Waals surface area (Å²) < 4.78 is 5.34. The lowest BCUT2D eigenvalue weighted by Crippen LogP contribution is -2.33. The van der Waals surface area contributed by atoms with Gasteiger partial charge in [0.1, 0.15) is 5.75 Å². The first kappa shape index (κ1) is 16.1. The molecule has 0 radical (unpaired) electrons. The Morgan fingerprint density at radius 2 is 2.19 bits per heavy atom. The van der Waals surface area contributed by atoms with Gasteiger partial charge in [-0.2, -0.15) is 0 Å². The molecule has 2 atom stereocenters. The van der Waals surface area contributed by atoms with Crippen molar-refractivity contribution < 1.29 is 4.74 Å². The van der Waals surface area contributed by atoms with E-state index in [2.05, 4.69) is 54.7 Å². The molecule has 0 saturated heterocycles. The van der Waals surface area contributed by atoms with Crippen LogP contribution in [0.25, 0.3) is 0 Å². The van der Waals surface area contributed by atoms with Crippen LogP contribution in [-0.4, -0.2) is 39.2 Å². The highest BCUT2D eigenvalue weighted by Gasteiger charge is 2.16. The predicted molar refractivity (Wildman–Crippen MR) is 88.8 cm³/mol. The molecule has 2 rings (SSSR count). The second-order valence-electron chi connectivity index (χ2n) is 6.06. The minimum absolute atomic E-state index is 0.374. The van der Waals surface area contributed by atoms with Crippen LogP contribution in [0.3, 0.4) is 0 Å². The first-order chi connectivity index (χ1) is 10.2. The van der Waals surface area contributed by atoms with E-state index in [1.807, 2.05) is 6.07 Å². The number of benzene rings is 1. The Morgan fingerprint density at radius 1 is 1.33 bits per heavy atom. The average molecular weight is 288 g/mol. The van der Waals surface area contributed by atoms with Crippen LogP contribution in [0, 0.1) is 5.92 Å². The van der Waals surface area contributed by atoms with Gasteiger partial charge in [0.15, 0.2) is 0 Å². The minimum atomic E-state index is 0.374. The van der Waals surface area contributed by atoms with E-state index in [1.165, 1.54) is 24.8 Å². The summed E-state index contributed by atoms with van der Waals surface area (Å²) in [5, 5.41) is 3.66. The Morgan fingerprint density at radius 3 is 2.86 bits per heavy atom. The SMILES string of the molecule is COc1cccc(C(CNCC2CC=CCC2)N(C)C)c1. The Kier molecular flexibility index (Phi) is 6.27. The Hall–Kier alpha value is -1.32. The standard InChI is InChI=1S/C18H28N2O/c1-20(2)18(16-10-7-11-17(12-16)21-3)14-19-13-15-8-5-4-6-9-15/h4-5,7,10-12,15,18-19H,6,8-9,13-14H2,1-3H3. The van der Waals surface area contributed by atoms with Crippen LogP contribution in [0.5, 0.6) is 5.75 Å². The van der Waals surface area contributed by atoms with Gasteiger partial charge in [-0.1, -0.05) is 24.3 Å². The molecule has 1 aliphatic carbocycles. The third-order valence-corrected chi connectivity index (χ3v) is 4.25. The van der Waals surface area contributed by atoms with E-state index in [0.717, 1.165) is 24.8 Å². The lowest BCUT2D eigenvalue weighted by atomic mass is 9.94. The number of likely N-dealkylation sites (N-methyl/N-ethyl adjacent to an activating group) is 1. The largest absolute Gasteiger partial charge is 0.497 e. The molecule has 0 fully saturated rings. The van der Waals surface area contributed by atoms with Crippen molar-refractivity contribution in [2.45, 2.75) is 25.3 Å². The third-order valence-electron chi connectivity index (χ3n) is 4.25. The van der Waals surface area contributed by atoms with Gasteiger partial charge in [0.05, 0.1) is 7.11 Å². The van der Waals surface area contributed by atoms with E-state index in [4.69, 9.17) is 4.74 Å². The van der Waals surface area contributed by atoms with Crippen LogP contribution in [-0.2, 0) is 0 Å². The zero-order valence-corrected chi connectivity index (χ0v) is 13.5. The first-order valence-corrected chi connectivity index (χ1v) is 7.86. The second-order valence-corrected chi connectivity index (χ2v) is 6.06. The second kappa shape index (κ2) is 8.20. The van der Waals surface area contributed by atoms with Gasteiger partial charge in [-0.15, -0.1) is 0 Å². The molecular weight excluding hydrogens is 260 g/mol. The predicted octanol–water partition coefficient (Wildman–Crippen LogP) is 3.24. The lowest BCUT2D eigenvalue weighted by Gasteiger charge is -2.27. The first-order valence-electron chi connectivity index (χ1n) is 7.86. The van der Waals surface area contributed by atoms with Gasteiger partial charge in [0, 0.05) is 12.6 Å². The smallest absolute Gasteiger partial charge is 0.119 e. The summed E-state index contributed by atoms with van der Waals surface area (Å²) in [6, 6.07) is 8.75. The molecule has 0 saturated carbocycles. The van der Waals surface area contributed by atoms with Crippen molar-refractivity contribution in [3.63, 3.8) is 0 Å². The highest BCUT2D eigenvalue weighted by atomic mass is 16.5. The number of hydrogen-bond donors (Lipinski definition) is 1. The average Bonchev–Trinajstić information content (AvgIpc) is 2.52. The Bertz CT molecular complexity index is 456. The van der Waals surface area contributed by atoms with Crippen LogP contribution in [0.15, 0.2) is 36.4 Å². The Balaban J connectivity index is 1.90. The molecule has 0 bridgehead atoms. The number of ether oxygens (including phenoxy) is 1. The zero-order chi connectivity index (χ0) is 15.1. The molecule has 1 aromatic rings. The highest BCUT2D eigenvalue weighted by molar-refractivity contribution is 5.30. The molecule has 0 spiro atoms. The zero-order valence-electron chi connectivity index (χ0n) is 13.5. The van der Waals surface area contributed by atoms with Crippen LogP contribution in [0.1, 0.15) is 30.9 Å². The fourth-order valence-corrected chi connectivity index (χ4v) is 2.91. The van der Waals surface area contributed by atoms with E-state index >= 15 is 0 Å². The monoisotopic (exact) mass is 288 g/mol. The summed E-state index contributed by atoms with van der Waals surface area (Å²) >= 11 is 0. The van der Waals surface area contributed by atoms with E-state index in [9.17, 15) is 0 Å². The molecule has 3 nitrogen and oxygen atoms in total.